The molecule has 0 spiro atoms. The molecule has 0 saturated heterocycles. The number of hydrogen-bond donors (Lipinski definition) is 1. The lowest BCUT2D eigenvalue weighted by molar-refractivity contribution is 0.164. The van der Waals surface area contributed by atoms with Crippen LogP contribution in [-0.4, -0.2) is 19.2 Å². The zero-order valence-corrected chi connectivity index (χ0v) is 9.96. The molecule has 1 aliphatic rings. The third kappa shape index (κ3) is 5.03. The van der Waals surface area contributed by atoms with E-state index in [-0.39, 0.29) is 0 Å². The molecule has 0 amide bonds. The molecule has 0 aromatic heterocycles. The molecule has 1 heterocycles. The Labute approximate surface area is 93.4 Å². The topological polar surface area (TPSA) is 21.3 Å². The number of hydrogen-bond acceptors (Lipinski definition) is 2. The third-order valence-corrected chi connectivity index (χ3v) is 2.62. The zero-order chi connectivity index (χ0) is 10.9. The first-order valence-electron chi connectivity index (χ1n) is 6.07. The van der Waals surface area contributed by atoms with Crippen molar-refractivity contribution in [3.63, 3.8) is 0 Å². The lowest BCUT2D eigenvalue weighted by atomic mass is 10.1. The van der Waals surface area contributed by atoms with Crippen LogP contribution < -0.4 is 5.32 Å². The van der Waals surface area contributed by atoms with Gasteiger partial charge in [0.15, 0.2) is 0 Å². The molecule has 0 fully saturated rings. The molecule has 86 valence electrons. The number of ether oxygens (including phenoxy) is 1. The molecule has 15 heavy (non-hydrogen) atoms. The SMILES string of the molecule is CCCNC/C(=C\C1CCC=CO1)CC. The van der Waals surface area contributed by atoms with Gasteiger partial charge >= 0.3 is 0 Å². The fourth-order valence-corrected chi connectivity index (χ4v) is 1.67. The largest absolute Gasteiger partial charge is 0.494 e. The first-order valence-corrected chi connectivity index (χ1v) is 6.07. The lowest BCUT2D eigenvalue weighted by Gasteiger charge is -2.17. The zero-order valence-electron chi connectivity index (χ0n) is 9.96. The molecule has 2 heteroatoms. The summed E-state index contributed by atoms with van der Waals surface area (Å²) in [6.45, 7) is 6.51. The van der Waals surface area contributed by atoms with Gasteiger partial charge in [-0.25, -0.2) is 0 Å². The predicted octanol–water partition coefficient (Wildman–Crippen LogP) is 3.02. The van der Waals surface area contributed by atoms with Crippen molar-refractivity contribution in [3.8, 4) is 0 Å². The highest BCUT2D eigenvalue weighted by molar-refractivity contribution is 5.08. The van der Waals surface area contributed by atoms with E-state index in [0.29, 0.717) is 6.10 Å². The number of rotatable bonds is 6. The Bertz CT molecular complexity index is 221. The molecule has 1 N–H and O–H groups in total. The Hall–Kier alpha value is -0.760. The van der Waals surface area contributed by atoms with Gasteiger partial charge in [0.25, 0.3) is 0 Å². The molecular formula is C13H23NO. The summed E-state index contributed by atoms with van der Waals surface area (Å²) in [5.41, 5.74) is 1.46. The maximum absolute atomic E-state index is 5.53. The Morgan fingerprint density at radius 1 is 1.53 bits per heavy atom. The third-order valence-electron chi connectivity index (χ3n) is 2.62. The van der Waals surface area contributed by atoms with Gasteiger partial charge in [0.05, 0.1) is 6.26 Å². The minimum atomic E-state index is 0.299. The van der Waals surface area contributed by atoms with Gasteiger partial charge in [-0.1, -0.05) is 19.4 Å². The van der Waals surface area contributed by atoms with E-state index in [4.69, 9.17) is 4.74 Å². The summed E-state index contributed by atoms with van der Waals surface area (Å²) in [4.78, 5) is 0. The van der Waals surface area contributed by atoms with E-state index in [9.17, 15) is 0 Å². The normalized spacial score (nSPS) is 21.5. The van der Waals surface area contributed by atoms with Crippen molar-refractivity contribution in [2.24, 2.45) is 0 Å². The van der Waals surface area contributed by atoms with Crippen LogP contribution in [-0.2, 0) is 4.74 Å². The van der Waals surface area contributed by atoms with Crippen LogP contribution >= 0.6 is 0 Å². The van der Waals surface area contributed by atoms with Gasteiger partial charge in [-0.15, -0.1) is 0 Å². The van der Waals surface area contributed by atoms with Crippen LogP contribution in [0.15, 0.2) is 24.0 Å². The molecule has 1 atom stereocenters. The van der Waals surface area contributed by atoms with E-state index in [1.807, 2.05) is 6.26 Å². The summed E-state index contributed by atoms with van der Waals surface area (Å²) in [7, 11) is 0. The second-order valence-corrected chi connectivity index (χ2v) is 3.98. The Morgan fingerprint density at radius 2 is 2.40 bits per heavy atom. The van der Waals surface area contributed by atoms with Gasteiger partial charge in [0, 0.05) is 6.54 Å². The summed E-state index contributed by atoms with van der Waals surface area (Å²) in [6, 6.07) is 0. The van der Waals surface area contributed by atoms with Gasteiger partial charge in [-0.2, -0.15) is 0 Å². The summed E-state index contributed by atoms with van der Waals surface area (Å²) >= 11 is 0. The summed E-state index contributed by atoms with van der Waals surface area (Å²) in [5.74, 6) is 0. The van der Waals surface area contributed by atoms with Crippen molar-refractivity contribution in [2.75, 3.05) is 13.1 Å². The second-order valence-electron chi connectivity index (χ2n) is 3.98. The first-order chi connectivity index (χ1) is 7.36. The Balaban J connectivity index is 2.34. The quantitative estimate of drug-likeness (QED) is 0.536. The molecule has 2 nitrogen and oxygen atoms in total. The van der Waals surface area contributed by atoms with E-state index in [1.54, 1.807) is 0 Å². The number of allylic oxidation sites excluding steroid dienone is 1. The molecule has 0 bridgehead atoms. The van der Waals surface area contributed by atoms with Crippen molar-refractivity contribution in [3.05, 3.63) is 24.0 Å². The molecule has 1 rings (SSSR count). The summed E-state index contributed by atoms with van der Waals surface area (Å²) in [6.07, 6.45) is 11.1. The van der Waals surface area contributed by atoms with Crippen molar-refractivity contribution in [1.82, 2.24) is 5.32 Å². The molecule has 0 aliphatic carbocycles. The summed E-state index contributed by atoms with van der Waals surface area (Å²) < 4.78 is 5.53. The van der Waals surface area contributed by atoms with Gasteiger partial charge < -0.3 is 10.1 Å². The molecule has 0 radical (unpaired) electrons. The van der Waals surface area contributed by atoms with Crippen molar-refractivity contribution < 1.29 is 4.74 Å². The van der Waals surface area contributed by atoms with E-state index in [1.165, 1.54) is 12.0 Å². The molecule has 1 unspecified atom stereocenters. The standard InChI is InChI=1S/C13H23NO/c1-3-8-14-11-12(4-2)10-13-7-5-6-9-15-13/h6,9-10,13-14H,3-5,7-8,11H2,1-2H3/b12-10-. The summed E-state index contributed by atoms with van der Waals surface area (Å²) in [5, 5.41) is 3.43. The van der Waals surface area contributed by atoms with Gasteiger partial charge in [0.2, 0.25) is 0 Å². The lowest BCUT2D eigenvalue weighted by Crippen LogP contribution is -2.19. The monoisotopic (exact) mass is 209 g/mol. The Kier molecular flexibility index (Phi) is 6.17. The second kappa shape index (κ2) is 7.52. The first kappa shape index (κ1) is 12.3. The van der Waals surface area contributed by atoms with Crippen LogP contribution in [0.3, 0.4) is 0 Å². The smallest absolute Gasteiger partial charge is 0.117 e. The van der Waals surface area contributed by atoms with E-state index < -0.39 is 0 Å². The maximum atomic E-state index is 5.53. The van der Waals surface area contributed by atoms with Crippen LogP contribution in [0.1, 0.15) is 39.5 Å². The fraction of sp³-hybridized carbons (Fsp3) is 0.692. The van der Waals surface area contributed by atoms with E-state index >= 15 is 0 Å². The van der Waals surface area contributed by atoms with Gasteiger partial charge in [-0.05, 0) is 44.4 Å². The van der Waals surface area contributed by atoms with Gasteiger partial charge in [-0.3, -0.25) is 0 Å². The molecule has 0 aromatic carbocycles. The highest BCUT2D eigenvalue weighted by Gasteiger charge is 2.08. The van der Waals surface area contributed by atoms with Crippen LogP contribution in [0, 0.1) is 0 Å². The highest BCUT2D eigenvalue weighted by atomic mass is 16.5. The van der Waals surface area contributed by atoms with E-state index in [0.717, 1.165) is 32.4 Å². The molecule has 0 aromatic rings. The van der Waals surface area contributed by atoms with E-state index in [2.05, 4.69) is 31.3 Å². The van der Waals surface area contributed by atoms with Crippen molar-refractivity contribution in [1.29, 1.82) is 0 Å². The minimum Gasteiger partial charge on any atom is -0.494 e. The fourth-order valence-electron chi connectivity index (χ4n) is 1.67. The highest BCUT2D eigenvalue weighted by Crippen LogP contribution is 2.14. The number of nitrogens with one attached hydrogen (secondary N) is 1. The average Bonchev–Trinajstić information content (AvgIpc) is 2.29. The van der Waals surface area contributed by atoms with Crippen LogP contribution in [0.2, 0.25) is 0 Å². The molecule has 0 saturated carbocycles. The van der Waals surface area contributed by atoms with Crippen LogP contribution in [0.4, 0.5) is 0 Å². The Morgan fingerprint density at radius 3 is 3.00 bits per heavy atom. The average molecular weight is 209 g/mol. The van der Waals surface area contributed by atoms with Crippen LogP contribution in [0.25, 0.3) is 0 Å². The maximum Gasteiger partial charge on any atom is 0.117 e. The molecular weight excluding hydrogens is 186 g/mol. The van der Waals surface area contributed by atoms with Crippen LogP contribution in [0.5, 0.6) is 0 Å². The van der Waals surface area contributed by atoms with Crippen molar-refractivity contribution in [2.45, 2.75) is 45.6 Å². The molecule has 1 aliphatic heterocycles. The predicted molar refractivity (Wildman–Crippen MR) is 64.8 cm³/mol. The van der Waals surface area contributed by atoms with Crippen molar-refractivity contribution >= 4 is 0 Å². The van der Waals surface area contributed by atoms with Gasteiger partial charge in [0.1, 0.15) is 6.10 Å². The minimum absolute atomic E-state index is 0.299.